The third-order valence-electron chi connectivity index (χ3n) is 7.31. The van der Waals surface area contributed by atoms with Crippen LogP contribution in [0, 0.1) is 13.8 Å². The van der Waals surface area contributed by atoms with Crippen molar-refractivity contribution in [3.8, 4) is 5.75 Å². The fourth-order valence-corrected chi connectivity index (χ4v) is 6.12. The lowest BCUT2D eigenvalue weighted by Gasteiger charge is -2.19. The van der Waals surface area contributed by atoms with Crippen molar-refractivity contribution in [1.82, 2.24) is 5.32 Å². The molecule has 0 saturated carbocycles. The van der Waals surface area contributed by atoms with E-state index in [1.807, 2.05) is 80.6 Å². The molecule has 5 rings (SSSR count). The first-order valence-corrected chi connectivity index (χ1v) is 16.4. The zero-order valence-electron chi connectivity index (χ0n) is 26.6. The molecule has 1 atom stereocenters. The number of anilines is 2. The molecule has 0 bridgehead atoms. The molecule has 7 nitrogen and oxygen atoms in total. The monoisotopic (exact) mass is 675 g/mol. The van der Waals surface area contributed by atoms with Gasteiger partial charge in [0.15, 0.2) is 0 Å². The maximum Gasteiger partial charge on any atom is 0.272 e. The Labute approximate surface area is 289 Å². The third-order valence-corrected chi connectivity index (χ3v) is 8.96. The van der Waals surface area contributed by atoms with E-state index >= 15 is 0 Å². The van der Waals surface area contributed by atoms with Crippen LogP contribution in [-0.2, 0) is 9.59 Å². The van der Waals surface area contributed by atoms with Crippen LogP contribution in [0.4, 0.5) is 11.4 Å². The summed E-state index contributed by atoms with van der Waals surface area (Å²) in [6.07, 6.45) is 1.64. The number of nitrogens with one attached hydrogen (secondary N) is 3. The highest BCUT2D eigenvalue weighted by Gasteiger charge is 2.24. The van der Waals surface area contributed by atoms with E-state index < -0.39 is 17.1 Å². The number of thioether (sulfide) groups is 1. The number of hydrogen-bond donors (Lipinski definition) is 3. The Bertz CT molecular complexity index is 1970. The summed E-state index contributed by atoms with van der Waals surface area (Å²) in [5.41, 5.74) is 4.90. The zero-order chi connectivity index (χ0) is 34.0. The van der Waals surface area contributed by atoms with Gasteiger partial charge in [-0.05, 0) is 73.0 Å². The van der Waals surface area contributed by atoms with E-state index in [-0.39, 0.29) is 11.6 Å². The van der Waals surface area contributed by atoms with E-state index in [1.165, 1.54) is 18.9 Å². The Morgan fingerprint density at radius 3 is 2.21 bits per heavy atom. The molecular weight excluding hydrogens is 642 g/mol. The van der Waals surface area contributed by atoms with Crippen LogP contribution in [0.1, 0.15) is 37.9 Å². The lowest BCUT2D eigenvalue weighted by Crippen LogP contribution is -2.30. The summed E-state index contributed by atoms with van der Waals surface area (Å²) in [5.74, 6) is -0.703. The van der Waals surface area contributed by atoms with E-state index in [9.17, 15) is 14.4 Å². The van der Waals surface area contributed by atoms with Gasteiger partial charge in [0.05, 0.1) is 12.8 Å². The second kappa shape index (κ2) is 16.0. The van der Waals surface area contributed by atoms with Crippen LogP contribution in [0.2, 0.25) is 5.02 Å². The molecule has 9 heteroatoms. The summed E-state index contributed by atoms with van der Waals surface area (Å²) >= 11 is 7.62. The number of carbonyl (C=O) groups excluding carboxylic acids is 3. The van der Waals surface area contributed by atoms with Gasteiger partial charge >= 0.3 is 0 Å². The minimum atomic E-state index is -0.639. The quantitative estimate of drug-likeness (QED) is 0.0960. The summed E-state index contributed by atoms with van der Waals surface area (Å²) < 4.78 is 5.47. The Hall–Kier alpha value is -5.31. The number of amides is 3. The molecular formula is C39H34ClN3O4S. The van der Waals surface area contributed by atoms with Gasteiger partial charge in [-0.25, -0.2) is 0 Å². The lowest BCUT2D eigenvalue weighted by molar-refractivity contribution is -0.116. The predicted octanol–water partition coefficient (Wildman–Crippen LogP) is 8.85. The maximum absolute atomic E-state index is 13.8. The molecule has 3 N–H and O–H groups in total. The minimum absolute atomic E-state index is 0.0845. The number of ether oxygens (including phenoxy) is 1. The Morgan fingerprint density at radius 1 is 0.792 bits per heavy atom. The van der Waals surface area contributed by atoms with Crippen molar-refractivity contribution >= 4 is 58.5 Å². The summed E-state index contributed by atoms with van der Waals surface area (Å²) in [6.45, 7) is 3.81. The van der Waals surface area contributed by atoms with Crippen LogP contribution in [0.25, 0.3) is 6.08 Å². The first-order chi connectivity index (χ1) is 23.2. The van der Waals surface area contributed by atoms with Gasteiger partial charge < -0.3 is 20.7 Å². The van der Waals surface area contributed by atoms with E-state index in [0.717, 1.165) is 27.1 Å². The Morgan fingerprint density at radius 2 is 1.50 bits per heavy atom. The molecule has 242 valence electrons. The minimum Gasteiger partial charge on any atom is -0.495 e. The average molecular weight is 676 g/mol. The van der Waals surface area contributed by atoms with Gasteiger partial charge in [-0.1, -0.05) is 96.0 Å². The van der Waals surface area contributed by atoms with Crippen LogP contribution in [0.15, 0.2) is 132 Å². The standard InChI is InChI=1S/C39H34ClN3O4S/c1-25-12-10-13-27(20-25)22-34(43-37(44)29-16-8-5-9-17-29)38(45)41-30-18-11-19-31(23-30)48-36(28-14-6-4-7-15-28)39(46)42-33-21-26(2)32(40)24-35(33)47-3/h4-24,36H,1-3H3,(H,41,45)(H,42,46)(H,43,44)/b34-22+. The van der Waals surface area contributed by atoms with Crippen molar-refractivity contribution in [2.45, 2.75) is 24.0 Å². The molecule has 0 aliphatic rings. The van der Waals surface area contributed by atoms with Crippen molar-refractivity contribution in [2.75, 3.05) is 17.7 Å². The molecule has 1 unspecified atom stereocenters. The summed E-state index contributed by atoms with van der Waals surface area (Å²) in [5, 5.41) is 8.60. The highest BCUT2D eigenvalue weighted by molar-refractivity contribution is 8.00. The Kier molecular flexibility index (Phi) is 11.3. The van der Waals surface area contributed by atoms with E-state index in [2.05, 4.69) is 16.0 Å². The van der Waals surface area contributed by atoms with Crippen LogP contribution in [0.3, 0.4) is 0 Å². The number of methoxy groups -OCH3 is 1. The second-order valence-electron chi connectivity index (χ2n) is 11.0. The van der Waals surface area contributed by atoms with E-state index in [4.69, 9.17) is 16.3 Å². The zero-order valence-corrected chi connectivity index (χ0v) is 28.2. The smallest absolute Gasteiger partial charge is 0.272 e. The predicted molar refractivity (Wildman–Crippen MR) is 195 cm³/mol. The highest BCUT2D eigenvalue weighted by Crippen LogP contribution is 2.39. The van der Waals surface area contributed by atoms with Crippen molar-refractivity contribution in [1.29, 1.82) is 0 Å². The van der Waals surface area contributed by atoms with Gasteiger partial charge in [0.2, 0.25) is 5.91 Å². The molecule has 5 aromatic rings. The molecule has 0 spiro atoms. The molecule has 0 fully saturated rings. The highest BCUT2D eigenvalue weighted by atomic mass is 35.5. The number of carbonyl (C=O) groups is 3. The first kappa shape index (κ1) is 34.0. The van der Waals surface area contributed by atoms with Crippen molar-refractivity contribution < 1.29 is 19.1 Å². The molecule has 0 aliphatic carbocycles. The van der Waals surface area contributed by atoms with Gasteiger partial charge in [-0.15, -0.1) is 11.8 Å². The number of hydrogen-bond acceptors (Lipinski definition) is 5. The summed E-state index contributed by atoms with van der Waals surface area (Å²) in [4.78, 5) is 41.3. The summed E-state index contributed by atoms with van der Waals surface area (Å²) in [7, 11) is 1.52. The number of aryl methyl sites for hydroxylation is 2. The summed E-state index contributed by atoms with van der Waals surface area (Å²) in [6, 6.07) is 36.5. The van der Waals surface area contributed by atoms with Crippen molar-refractivity contribution in [3.63, 3.8) is 0 Å². The van der Waals surface area contributed by atoms with Gasteiger partial charge in [0.25, 0.3) is 11.8 Å². The largest absolute Gasteiger partial charge is 0.495 e. The molecule has 0 radical (unpaired) electrons. The van der Waals surface area contributed by atoms with Gasteiger partial charge in [0, 0.05) is 27.2 Å². The number of halogens is 1. The second-order valence-corrected chi connectivity index (χ2v) is 12.6. The Balaban J connectivity index is 1.39. The lowest BCUT2D eigenvalue weighted by atomic mass is 10.1. The molecule has 0 saturated heterocycles. The molecule has 5 aromatic carbocycles. The molecule has 48 heavy (non-hydrogen) atoms. The molecule has 0 aliphatic heterocycles. The van der Waals surface area contributed by atoms with E-state index in [1.54, 1.807) is 60.7 Å². The van der Waals surface area contributed by atoms with Crippen LogP contribution in [0.5, 0.6) is 5.75 Å². The van der Waals surface area contributed by atoms with E-state index in [0.29, 0.717) is 27.7 Å². The number of rotatable bonds is 11. The number of benzene rings is 5. The normalized spacial score (nSPS) is 11.7. The molecule has 0 heterocycles. The van der Waals surface area contributed by atoms with Crippen LogP contribution >= 0.6 is 23.4 Å². The van der Waals surface area contributed by atoms with Crippen molar-refractivity contribution in [3.05, 3.63) is 160 Å². The fourth-order valence-electron chi connectivity index (χ4n) is 4.88. The average Bonchev–Trinajstić information content (AvgIpc) is 3.09. The topological polar surface area (TPSA) is 96.5 Å². The van der Waals surface area contributed by atoms with Crippen molar-refractivity contribution in [2.24, 2.45) is 0 Å². The first-order valence-electron chi connectivity index (χ1n) is 15.1. The van der Waals surface area contributed by atoms with Gasteiger partial charge in [-0.2, -0.15) is 0 Å². The fraction of sp³-hybridized carbons (Fsp3) is 0.103. The molecule has 3 amide bonds. The van der Waals surface area contributed by atoms with Crippen LogP contribution < -0.4 is 20.7 Å². The third kappa shape index (κ3) is 8.94. The maximum atomic E-state index is 13.8. The molecule has 0 aromatic heterocycles. The van der Waals surface area contributed by atoms with Gasteiger partial charge in [0.1, 0.15) is 16.7 Å². The van der Waals surface area contributed by atoms with Crippen LogP contribution in [-0.4, -0.2) is 24.8 Å². The van der Waals surface area contributed by atoms with Gasteiger partial charge in [-0.3, -0.25) is 14.4 Å². The SMILES string of the molecule is COc1cc(Cl)c(C)cc1NC(=O)C(Sc1cccc(NC(=O)/C(=C\c2cccc(C)c2)NC(=O)c2ccccc2)c1)c1ccccc1.